The Morgan fingerprint density at radius 1 is 1.36 bits per heavy atom. The third-order valence-electron chi connectivity index (χ3n) is 1.49. The second-order valence-electron chi connectivity index (χ2n) is 2.23. The Morgan fingerprint density at radius 3 is 3.00 bits per heavy atom. The normalized spacial score (nSPS) is 9.82. The Morgan fingerprint density at radius 2 is 2.36 bits per heavy atom. The zero-order chi connectivity index (χ0) is 7.52. The minimum Gasteiger partial charge on any atom is -0.360 e. The SMILES string of the molecule is [c]1ccc(-c2ccc[nH]2)nc1. The molecule has 1 radical (unpaired) electrons. The second kappa shape index (κ2) is 2.58. The predicted molar refractivity (Wildman–Crippen MR) is 42.9 cm³/mol. The molecule has 2 aromatic rings. The van der Waals surface area contributed by atoms with Crippen molar-refractivity contribution in [2.75, 3.05) is 0 Å². The monoisotopic (exact) mass is 143 g/mol. The number of rotatable bonds is 1. The van der Waals surface area contributed by atoms with Crippen LogP contribution in [0.1, 0.15) is 0 Å². The molecule has 2 nitrogen and oxygen atoms in total. The average Bonchev–Trinajstić information content (AvgIpc) is 2.58. The fourth-order valence-electron chi connectivity index (χ4n) is 0.969. The number of aromatic amines is 1. The van der Waals surface area contributed by atoms with E-state index in [-0.39, 0.29) is 0 Å². The van der Waals surface area contributed by atoms with Gasteiger partial charge in [-0.05, 0) is 18.2 Å². The maximum atomic E-state index is 4.13. The van der Waals surface area contributed by atoms with E-state index in [0.717, 1.165) is 11.4 Å². The van der Waals surface area contributed by atoms with Crippen LogP contribution in [0, 0.1) is 6.07 Å². The fraction of sp³-hybridized carbons (Fsp3) is 0. The molecule has 0 aromatic carbocycles. The van der Waals surface area contributed by atoms with Crippen LogP contribution in [-0.2, 0) is 0 Å². The Balaban J connectivity index is 2.46. The van der Waals surface area contributed by atoms with E-state index in [1.807, 2.05) is 30.5 Å². The van der Waals surface area contributed by atoms with Crippen LogP contribution in [0.3, 0.4) is 0 Å². The molecular weight excluding hydrogens is 136 g/mol. The van der Waals surface area contributed by atoms with Crippen molar-refractivity contribution in [3.8, 4) is 11.4 Å². The van der Waals surface area contributed by atoms with Crippen LogP contribution in [0.15, 0.2) is 36.7 Å². The van der Waals surface area contributed by atoms with E-state index >= 15 is 0 Å². The standard InChI is InChI=1S/C9H7N2/c1-2-6-10-8(4-1)9-5-3-7-11-9/h1,3-7,11H. The number of hydrogen-bond acceptors (Lipinski definition) is 1. The highest BCUT2D eigenvalue weighted by Gasteiger charge is 1.94. The minimum absolute atomic E-state index is 0.953. The molecule has 0 amide bonds. The fourth-order valence-corrected chi connectivity index (χ4v) is 0.969. The molecule has 0 unspecified atom stereocenters. The molecule has 0 bridgehead atoms. The molecular formula is C9H7N2. The molecule has 0 saturated heterocycles. The predicted octanol–water partition coefficient (Wildman–Crippen LogP) is 1.88. The second-order valence-corrected chi connectivity index (χ2v) is 2.23. The van der Waals surface area contributed by atoms with Crippen LogP contribution >= 0.6 is 0 Å². The number of pyridine rings is 1. The molecule has 0 fully saturated rings. The molecule has 2 heteroatoms. The maximum absolute atomic E-state index is 4.13. The first-order valence-corrected chi connectivity index (χ1v) is 3.43. The molecule has 0 spiro atoms. The van der Waals surface area contributed by atoms with Gasteiger partial charge < -0.3 is 4.98 Å². The van der Waals surface area contributed by atoms with Crippen LogP contribution < -0.4 is 0 Å². The van der Waals surface area contributed by atoms with Crippen molar-refractivity contribution in [1.82, 2.24) is 9.97 Å². The third-order valence-corrected chi connectivity index (χ3v) is 1.49. The van der Waals surface area contributed by atoms with E-state index in [4.69, 9.17) is 0 Å². The van der Waals surface area contributed by atoms with E-state index in [0.29, 0.717) is 0 Å². The van der Waals surface area contributed by atoms with E-state index in [1.165, 1.54) is 0 Å². The number of H-pyrrole nitrogens is 1. The zero-order valence-electron chi connectivity index (χ0n) is 5.91. The summed E-state index contributed by atoms with van der Waals surface area (Å²) in [6, 6.07) is 10.6. The topological polar surface area (TPSA) is 28.7 Å². The van der Waals surface area contributed by atoms with Gasteiger partial charge in [0.2, 0.25) is 0 Å². The van der Waals surface area contributed by atoms with Gasteiger partial charge in [0.15, 0.2) is 0 Å². The zero-order valence-corrected chi connectivity index (χ0v) is 5.91. The van der Waals surface area contributed by atoms with E-state index < -0.39 is 0 Å². The van der Waals surface area contributed by atoms with Gasteiger partial charge in [-0.15, -0.1) is 0 Å². The van der Waals surface area contributed by atoms with Gasteiger partial charge in [-0.25, -0.2) is 0 Å². The van der Waals surface area contributed by atoms with Crippen LogP contribution in [0.4, 0.5) is 0 Å². The minimum atomic E-state index is 0.953. The van der Waals surface area contributed by atoms with Gasteiger partial charge in [0.05, 0.1) is 11.4 Å². The summed E-state index contributed by atoms with van der Waals surface area (Å²) < 4.78 is 0. The average molecular weight is 143 g/mol. The summed E-state index contributed by atoms with van der Waals surface area (Å²) >= 11 is 0. The first-order valence-electron chi connectivity index (χ1n) is 3.43. The quantitative estimate of drug-likeness (QED) is 0.648. The van der Waals surface area contributed by atoms with Gasteiger partial charge in [0, 0.05) is 18.5 Å². The molecule has 2 aromatic heterocycles. The Labute approximate surface area is 64.9 Å². The van der Waals surface area contributed by atoms with Gasteiger partial charge >= 0.3 is 0 Å². The molecule has 0 aliphatic rings. The molecule has 0 saturated carbocycles. The van der Waals surface area contributed by atoms with Crippen molar-refractivity contribution >= 4 is 0 Å². The largest absolute Gasteiger partial charge is 0.360 e. The molecule has 2 rings (SSSR count). The van der Waals surface area contributed by atoms with Crippen LogP contribution in [0.2, 0.25) is 0 Å². The van der Waals surface area contributed by atoms with E-state index in [1.54, 1.807) is 6.20 Å². The van der Waals surface area contributed by atoms with Gasteiger partial charge in [-0.1, -0.05) is 6.07 Å². The Kier molecular flexibility index (Phi) is 1.44. The third kappa shape index (κ3) is 1.15. The van der Waals surface area contributed by atoms with Crippen molar-refractivity contribution in [2.45, 2.75) is 0 Å². The molecule has 0 aliphatic carbocycles. The Bertz CT molecular complexity index is 311. The lowest BCUT2D eigenvalue weighted by Gasteiger charge is -1.92. The Hall–Kier alpha value is -1.57. The van der Waals surface area contributed by atoms with Crippen molar-refractivity contribution in [2.24, 2.45) is 0 Å². The molecule has 1 N–H and O–H groups in total. The smallest absolute Gasteiger partial charge is 0.0864 e. The summed E-state index contributed by atoms with van der Waals surface area (Å²) in [6.07, 6.45) is 3.55. The highest BCUT2D eigenvalue weighted by Crippen LogP contribution is 2.11. The first kappa shape index (κ1) is 6.16. The lowest BCUT2D eigenvalue weighted by molar-refractivity contribution is 1.28. The van der Waals surface area contributed by atoms with Crippen LogP contribution in [-0.4, -0.2) is 9.97 Å². The number of nitrogens with zero attached hydrogens (tertiary/aromatic N) is 1. The van der Waals surface area contributed by atoms with Gasteiger partial charge in [-0.3, -0.25) is 4.98 Å². The van der Waals surface area contributed by atoms with Crippen molar-refractivity contribution in [3.63, 3.8) is 0 Å². The summed E-state index contributed by atoms with van der Waals surface area (Å²) in [5, 5.41) is 0. The van der Waals surface area contributed by atoms with Crippen LogP contribution in [0.5, 0.6) is 0 Å². The van der Waals surface area contributed by atoms with Crippen molar-refractivity contribution in [3.05, 3.63) is 42.7 Å². The van der Waals surface area contributed by atoms with E-state index in [2.05, 4.69) is 16.0 Å². The van der Waals surface area contributed by atoms with Crippen molar-refractivity contribution in [1.29, 1.82) is 0 Å². The molecule has 53 valence electrons. The lowest BCUT2D eigenvalue weighted by atomic mass is 10.3. The molecule has 11 heavy (non-hydrogen) atoms. The van der Waals surface area contributed by atoms with Gasteiger partial charge in [0.1, 0.15) is 0 Å². The number of aromatic nitrogens is 2. The van der Waals surface area contributed by atoms with Crippen LogP contribution in [0.25, 0.3) is 11.4 Å². The first-order chi connectivity index (χ1) is 5.47. The summed E-state index contributed by atoms with van der Waals surface area (Å²) in [5.74, 6) is 0. The van der Waals surface area contributed by atoms with Gasteiger partial charge in [0.25, 0.3) is 0 Å². The van der Waals surface area contributed by atoms with Crippen molar-refractivity contribution < 1.29 is 0 Å². The summed E-state index contributed by atoms with van der Waals surface area (Å²) in [5.41, 5.74) is 1.99. The molecule has 2 heterocycles. The highest BCUT2D eigenvalue weighted by atomic mass is 14.8. The van der Waals surface area contributed by atoms with Gasteiger partial charge in [-0.2, -0.15) is 0 Å². The number of hydrogen-bond donors (Lipinski definition) is 1. The molecule has 0 atom stereocenters. The summed E-state index contributed by atoms with van der Waals surface area (Å²) in [7, 11) is 0. The summed E-state index contributed by atoms with van der Waals surface area (Å²) in [6.45, 7) is 0. The highest BCUT2D eigenvalue weighted by molar-refractivity contribution is 5.53. The molecule has 0 aliphatic heterocycles. The van der Waals surface area contributed by atoms with E-state index in [9.17, 15) is 0 Å². The summed E-state index contributed by atoms with van der Waals surface area (Å²) in [4.78, 5) is 7.21. The lowest BCUT2D eigenvalue weighted by Crippen LogP contribution is -1.79. The number of nitrogens with one attached hydrogen (secondary N) is 1. The maximum Gasteiger partial charge on any atom is 0.0864 e.